The van der Waals surface area contributed by atoms with Gasteiger partial charge in [0.1, 0.15) is 5.49 Å². The first-order chi connectivity index (χ1) is 17.7. The second kappa shape index (κ2) is 15.5. The molecule has 2 atom stereocenters. The van der Waals surface area contributed by atoms with E-state index in [4.69, 9.17) is 9.05 Å². The maximum atomic E-state index is 12.2. The average Bonchev–Trinajstić information content (AvgIpc) is 2.88. The number of sulfone groups is 1. The van der Waals surface area contributed by atoms with Gasteiger partial charge in [-0.15, -0.1) is 11.8 Å². The van der Waals surface area contributed by atoms with E-state index >= 15 is 0 Å². The molecule has 0 bridgehead atoms. The van der Waals surface area contributed by atoms with Crippen LogP contribution in [-0.4, -0.2) is 54.8 Å². The zero-order valence-corrected chi connectivity index (χ0v) is 25.0. The quantitative estimate of drug-likeness (QED) is 0.0971. The molecule has 2 aromatic rings. The lowest BCUT2D eigenvalue weighted by molar-refractivity contribution is -0.385. The van der Waals surface area contributed by atoms with Crippen LogP contribution in [0, 0.1) is 20.2 Å². The summed E-state index contributed by atoms with van der Waals surface area (Å²) in [6, 6.07) is 10.7. The van der Waals surface area contributed by atoms with Crippen molar-refractivity contribution >= 4 is 47.7 Å². The van der Waals surface area contributed by atoms with Gasteiger partial charge in [-0.3, -0.25) is 29.4 Å². The van der Waals surface area contributed by atoms with Gasteiger partial charge < -0.3 is 9.05 Å². The number of thioether (sulfide) groups is 1. The first-order valence-electron chi connectivity index (χ1n) is 11.5. The predicted octanol–water partition coefficient (Wildman–Crippen LogP) is 6.64. The Morgan fingerprint density at radius 1 is 0.763 bits per heavy atom. The molecule has 0 N–H and O–H groups in total. The van der Waals surface area contributed by atoms with E-state index in [1.807, 2.05) is 13.8 Å². The minimum absolute atomic E-state index is 0.0582. The molecule has 0 aromatic heterocycles. The number of nitro groups is 2. The van der Waals surface area contributed by atoms with Crippen molar-refractivity contribution in [3.05, 3.63) is 68.8 Å². The summed E-state index contributed by atoms with van der Waals surface area (Å²) in [5.41, 5.74) is -0.340. The van der Waals surface area contributed by atoms with E-state index in [1.165, 1.54) is 23.9 Å². The SMILES string of the molecule is CCOP(=O)(CC)CS(=O)(=O)c1ccc([N+](=O)[O-])cc1.CCOP(=O)(CC)CSc1ccc([N+](=O)[O-])cc1. The van der Waals surface area contributed by atoms with Gasteiger partial charge in [0, 0.05) is 41.5 Å². The van der Waals surface area contributed by atoms with Crippen LogP contribution in [0.15, 0.2) is 58.3 Å². The van der Waals surface area contributed by atoms with E-state index in [-0.39, 0.29) is 29.0 Å². The average molecular weight is 611 g/mol. The van der Waals surface area contributed by atoms with Crippen LogP contribution in [0.1, 0.15) is 27.7 Å². The number of non-ortho nitro benzene ring substituents is 2. The van der Waals surface area contributed by atoms with E-state index in [0.29, 0.717) is 18.3 Å². The van der Waals surface area contributed by atoms with Crippen LogP contribution >= 0.6 is 26.5 Å². The zero-order chi connectivity index (χ0) is 29.0. The molecule has 2 rings (SSSR count). The van der Waals surface area contributed by atoms with E-state index in [2.05, 4.69) is 0 Å². The highest BCUT2D eigenvalue weighted by Crippen LogP contribution is 2.50. The molecule has 0 fully saturated rings. The minimum Gasteiger partial charge on any atom is -0.328 e. The van der Waals surface area contributed by atoms with Gasteiger partial charge in [-0.05, 0) is 38.1 Å². The monoisotopic (exact) mass is 610 g/mol. The summed E-state index contributed by atoms with van der Waals surface area (Å²) in [7, 11) is -9.61. The van der Waals surface area contributed by atoms with Crippen LogP contribution in [0.2, 0.25) is 0 Å². The Labute approximate surface area is 226 Å². The van der Waals surface area contributed by atoms with E-state index in [9.17, 15) is 37.8 Å². The summed E-state index contributed by atoms with van der Waals surface area (Å²) in [5, 5.41) is 21.0. The molecule has 0 radical (unpaired) electrons. The minimum atomic E-state index is -3.81. The Morgan fingerprint density at radius 3 is 1.58 bits per heavy atom. The molecule has 212 valence electrons. The number of nitro benzene ring substituents is 2. The van der Waals surface area contributed by atoms with Gasteiger partial charge in [-0.25, -0.2) is 8.42 Å². The van der Waals surface area contributed by atoms with Crippen LogP contribution in [0.5, 0.6) is 0 Å². The molecule has 0 aliphatic carbocycles. The van der Waals surface area contributed by atoms with Crippen LogP contribution in [0.3, 0.4) is 0 Å². The highest BCUT2D eigenvalue weighted by molar-refractivity contribution is 8.05. The molecule has 2 unspecified atom stereocenters. The Hall–Kier alpha value is -2.08. The highest BCUT2D eigenvalue weighted by atomic mass is 32.2. The molecule has 0 saturated carbocycles. The number of hydrogen-bond donors (Lipinski definition) is 0. The maximum Gasteiger partial charge on any atom is 0.269 e. The summed E-state index contributed by atoms with van der Waals surface area (Å²) in [4.78, 5) is 20.7. The number of benzene rings is 2. The predicted molar refractivity (Wildman–Crippen MR) is 149 cm³/mol. The Kier molecular flexibility index (Phi) is 13.8. The molecular weight excluding hydrogens is 578 g/mol. The van der Waals surface area contributed by atoms with Crippen LogP contribution in [0.4, 0.5) is 11.4 Å². The molecule has 16 heteroatoms. The standard InChI is InChI=1S/C11H16NO6PS.C11H16NO4PS/c1-3-18-19(15,4-2)9-20(16,17)11-7-5-10(6-8-11)12(13)14;1-3-16-17(15,4-2)9-18-11-7-5-10(6-8-11)12(13)14/h5-8H,3-4,9H2,1-2H3;5-8H,3-4,9H2,1-2H3. The largest absolute Gasteiger partial charge is 0.328 e. The second-order valence-corrected chi connectivity index (χ2v) is 17.2. The van der Waals surface area contributed by atoms with Crippen molar-refractivity contribution in [2.75, 3.05) is 36.5 Å². The van der Waals surface area contributed by atoms with Gasteiger partial charge in [0.25, 0.3) is 11.4 Å². The summed E-state index contributed by atoms with van der Waals surface area (Å²) < 4.78 is 59.1. The van der Waals surface area contributed by atoms with Gasteiger partial charge in [0.15, 0.2) is 9.84 Å². The van der Waals surface area contributed by atoms with Crippen LogP contribution < -0.4 is 0 Å². The third kappa shape index (κ3) is 11.0. The topological polar surface area (TPSA) is 173 Å². The fourth-order valence-corrected chi connectivity index (χ4v) is 11.1. The molecule has 0 spiro atoms. The van der Waals surface area contributed by atoms with E-state index < -0.39 is 39.9 Å². The number of nitrogens with zero attached hydrogens (tertiary/aromatic N) is 2. The van der Waals surface area contributed by atoms with Gasteiger partial charge in [0.2, 0.25) is 14.7 Å². The van der Waals surface area contributed by atoms with Crippen molar-refractivity contribution in [3.8, 4) is 0 Å². The summed E-state index contributed by atoms with van der Waals surface area (Å²) in [6.45, 7) is 7.50. The lowest BCUT2D eigenvalue weighted by atomic mass is 10.3. The molecule has 0 aliphatic rings. The normalized spacial score (nSPS) is 14.4. The van der Waals surface area contributed by atoms with Crippen LogP contribution in [0.25, 0.3) is 0 Å². The molecule has 0 amide bonds. The van der Waals surface area contributed by atoms with Gasteiger partial charge in [-0.2, -0.15) is 0 Å². The molecule has 0 aliphatic heterocycles. The van der Waals surface area contributed by atoms with E-state index in [1.54, 1.807) is 26.0 Å². The van der Waals surface area contributed by atoms with Crippen molar-refractivity contribution in [1.29, 1.82) is 0 Å². The van der Waals surface area contributed by atoms with Crippen LogP contribution in [-0.2, 0) is 28.0 Å². The molecular formula is C22H32N2O10P2S2. The Bertz CT molecular complexity index is 1270. The molecule has 12 nitrogen and oxygen atoms in total. The smallest absolute Gasteiger partial charge is 0.269 e. The third-order valence-electron chi connectivity index (χ3n) is 4.94. The molecule has 38 heavy (non-hydrogen) atoms. The van der Waals surface area contributed by atoms with Crippen molar-refractivity contribution < 1.29 is 36.4 Å². The summed E-state index contributed by atoms with van der Waals surface area (Å²) >= 11 is 1.40. The van der Waals surface area contributed by atoms with Gasteiger partial charge >= 0.3 is 0 Å². The highest BCUT2D eigenvalue weighted by Gasteiger charge is 2.30. The van der Waals surface area contributed by atoms with Crippen molar-refractivity contribution in [2.45, 2.75) is 37.5 Å². The number of rotatable bonds is 14. The Morgan fingerprint density at radius 2 is 1.18 bits per heavy atom. The van der Waals surface area contributed by atoms with Crippen molar-refractivity contribution in [1.82, 2.24) is 0 Å². The van der Waals surface area contributed by atoms with E-state index in [0.717, 1.165) is 29.2 Å². The lowest BCUT2D eigenvalue weighted by Crippen LogP contribution is -2.10. The fourth-order valence-electron chi connectivity index (χ4n) is 2.86. The summed E-state index contributed by atoms with van der Waals surface area (Å²) in [6.07, 6.45) is 0.619. The molecule has 2 aromatic carbocycles. The molecule has 0 saturated heterocycles. The van der Waals surface area contributed by atoms with Gasteiger partial charge in [-0.1, -0.05) is 13.8 Å². The Balaban J connectivity index is 0.000000382. The van der Waals surface area contributed by atoms with Gasteiger partial charge in [0.05, 0.1) is 33.4 Å². The zero-order valence-electron chi connectivity index (χ0n) is 21.5. The third-order valence-corrected chi connectivity index (χ3v) is 14.9. The van der Waals surface area contributed by atoms with Crippen molar-refractivity contribution in [2.24, 2.45) is 0 Å². The lowest BCUT2D eigenvalue weighted by Gasteiger charge is -2.15. The van der Waals surface area contributed by atoms with Crippen molar-refractivity contribution in [3.63, 3.8) is 0 Å². The first kappa shape index (κ1) is 33.9. The molecule has 0 heterocycles. The fraction of sp³-hybridized carbons (Fsp3) is 0.455. The second-order valence-electron chi connectivity index (χ2n) is 7.62. The first-order valence-corrected chi connectivity index (χ1v) is 18.2. The maximum absolute atomic E-state index is 12.2. The summed E-state index contributed by atoms with van der Waals surface area (Å²) in [5.74, 6) is 0. The number of hydrogen-bond acceptors (Lipinski definition) is 11.